The average Bonchev–Trinajstić information content (AvgIpc) is 1.41. The fourth-order valence-corrected chi connectivity index (χ4v) is 0. The molecule has 0 aromatic carbocycles. The van der Waals surface area contributed by atoms with Gasteiger partial charge >= 0.3 is 6.16 Å². The molecule has 0 spiro atoms. The SMILES string of the molecule is O=C(O)O.OO.[Fe]. The molecule has 7 heavy (non-hydrogen) atoms. The Morgan fingerprint density at radius 1 is 1.14 bits per heavy atom. The molecule has 0 radical (unpaired) electrons. The average molecular weight is 152 g/mol. The zero-order chi connectivity index (χ0) is 5.58. The molecule has 0 rings (SSSR count). The third-order valence-corrected chi connectivity index (χ3v) is 0. The van der Waals surface area contributed by atoms with Gasteiger partial charge in [0.15, 0.2) is 0 Å². The first-order valence-corrected chi connectivity index (χ1v) is 0.851. The van der Waals surface area contributed by atoms with E-state index in [1.807, 2.05) is 0 Å². The Morgan fingerprint density at radius 3 is 1.14 bits per heavy atom. The molecule has 0 aliphatic heterocycles. The van der Waals surface area contributed by atoms with Crippen molar-refractivity contribution in [1.82, 2.24) is 0 Å². The van der Waals surface area contributed by atoms with E-state index in [4.69, 9.17) is 25.5 Å². The predicted octanol–water partition coefficient (Wildman–Crippen LogP) is 0.237. The summed E-state index contributed by atoms with van der Waals surface area (Å²) < 4.78 is 0. The normalized spacial score (nSPS) is 4.29. The van der Waals surface area contributed by atoms with Crippen molar-refractivity contribution in [2.45, 2.75) is 0 Å². The molecule has 0 saturated carbocycles. The summed E-state index contributed by atoms with van der Waals surface area (Å²) in [5, 5.41) is 25.9. The van der Waals surface area contributed by atoms with Crippen molar-refractivity contribution < 1.29 is 42.6 Å². The Morgan fingerprint density at radius 2 is 1.14 bits per heavy atom. The van der Waals surface area contributed by atoms with Crippen LogP contribution in [0.2, 0.25) is 0 Å². The largest absolute Gasteiger partial charge is 0.503 e. The first-order chi connectivity index (χ1) is 2.73. The molecule has 0 saturated heterocycles. The van der Waals surface area contributed by atoms with E-state index in [1.165, 1.54) is 0 Å². The van der Waals surface area contributed by atoms with Crippen molar-refractivity contribution in [1.29, 1.82) is 0 Å². The van der Waals surface area contributed by atoms with Crippen molar-refractivity contribution in [2.75, 3.05) is 0 Å². The van der Waals surface area contributed by atoms with Crippen molar-refractivity contribution in [3.05, 3.63) is 0 Å². The zero-order valence-electron chi connectivity index (χ0n) is 3.05. The van der Waals surface area contributed by atoms with E-state index in [-0.39, 0.29) is 17.1 Å². The Kier molecular flexibility index (Phi) is 39.2. The minimum Gasteiger partial charge on any atom is -0.450 e. The molecular weight excluding hydrogens is 148 g/mol. The quantitative estimate of drug-likeness (QED) is 0.226. The maximum Gasteiger partial charge on any atom is 0.503 e. The summed E-state index contributed by atoms with van der Waals surface area (Å²) in [7, 11) is 0. The second kappa shape index (κ2) is 17.2. The third-order valence-electron chi connectivity index (χ3n) is 0. The summed E-state index contributed by atoms with van der Waals surface area (Å²) in [6.45, 7) is 0. The number of carbonyl (C=O) groups is 1. The molecule has 6 heteroatoms. The van der Waals surface area contributed by atoms with E-state index < -0.39 is 6.16 Å². The van der Waals surface area contributed by atoms with Gasteiger partial charge in [0.05, 0.1) is 0 Å². The van der Waals surface area contributed by atoms with Crippen LogP contribution in [0.1, 0.15) is 0 Å². The molecule has 0 unspecified atom stereocenters. The number of carboxylic acid groups (broad SMARTS) is 2. The number of hydrogen-bond donors (Lipinski definition) is 4. The van der Waals surface area contributed by atoms with Gasteiger partial charge in [-0.05, 0) is 0 Å². The van der Waals surface area contributed by atoms with Crippen LogP contribution in [-0.2, 0) is 17.1 Å². The number of hydrogen-bond acceptors (Lipinski definition) is 3. The molecule has 0 aromatic rings. The van der Waals surface area contributed by atoms with Gasteiger partial charge in [-0.25, -0.2) is 4.79 Å². The van der Waals surface area contributed by atoms with Gasteiger partial charge in [-0.2, -0.15) is 0 Å². The zero-order valence-corrected chi connectivity index (χ0v) is 4.15. The van der Waals surface area contributed by atoms with Crippen LogP contribution in [0.25, 0.3) is 0 Å². The Labute approximate surface area is 49.6 Å². The van der Waals surface area contributed by atoms with Crippen LogP contribution in [0.5, 0.6) is 0 Å². The summed E-state index contributed by atoms with van der Waals surface area (Å²) in [5.41, 5.74) is 0. The summed E-state index contributed by atoms with van der Waals surface area (Å²) in [6, 6.07) is 0. The van der Waals surface area contributed by atoms with Crippen LogP contribution in [0.4, 0.5) is 4.79 Å². The molecular formula is CH4FeO5. The van der Waals surface area contributed by atoms with E-state index >= 15 is 0 Å². The molecule has 4 N–H and O–H groups in total. The second-order valence-electron chi connectivity index (χ2n) is 0.283. The second-order valence-corrected chi connectivity index (χ2v) is 0.283. The van der Waals surface area contributed by atoms with Gasteiger partial charge in [0, 0.05) is 17.1 Å². The van der Waals surface area contributed by atoms with Gasteiger partial charge < -0.3 is 10.2 Å². The smallest absolute Gasteiger partial charge is 0.450 e. The Balaban J connectivity index is -0.0000000480. The molecule has 0 atom stereocenters. The topological polar surface area (TPSA) is 98.0 Å². The fraction of sp³-hybridized carbons (Fsp3) is 0. The number of rotatable bonds is 0. The molecule has 5 nitrogen and oxygen atoms in total. The van der Waals surface area contributed by atoms with Crippen LogP contribution in [-0.4, -0.2) is 26.9 Å². The summed E-state index contributed by atoms with van der Waals surface area (Å²) >= 11 is 0. The first kappa shape index (κ1) is 15.9. The Hall–Kier alpha value is -0.291. The van der Waals surface area contributed by atoms with Crippen molar-refractivity contribution in [3.63, 3.8) is 0 Å². The Bertz CT molecular complexity index is 31.1. The monoisotopic (exact) mass is 152 g/mol. The summed E-state index contributed by atoms with van der Waals surface area (Å²) in [5.74, 6) is 0. The van der Waals surface area contributed by atoms with Crippen molar-refractivity contribution in [2.24, 2.45) is 0 Å². The van der Waals surface area contributed by atoms with Crippen LogP contribution in [0.15, 0.2) is 0 Å². The third kappa shape index (κ3) is 931. The van der Waals surface area contributed by atoms with Gasteiger partial charge in [-0.3, -0.25) is 10.5 Å². The fourth-order valence-electron chi connectivity index (χ4n) is 0. The molecule has 46 valence electrons. The minimum absolute atomic E-state index is 0. The van der Waals surface area contributed by atoms with Crippen molar-refractivity contribution in [3.8, 4) is 0 Å². The van der Waals surface area contributed by atoms with Gasteiger partial charge in [0.2, 0.25) is 0 Å². The van der Waals surface area contributed by atoms with E-state index in [0.717, 1.165) is 0 Å². The van der Waals surface area contributed by atoms with Crippen LogP contribution < -0.4 is 0 Å². The first-order valence-electron chi connectivity index (χ1n) is 0.851. The summed E-state index contributed by atoms with van der Waals surface area (Å²) in [6.07, 6.45) is -1.83. The van der Waals surface area contributed by atoms with E-state index in [1.54, 1.807) is 0 Å². The molecule has 0 aromatic heterocycles. The maximum absolute atomic E-state index is 8.56. The van der Waals surface area contributed by atoms with Crippen LogP contribution in [0.3, 0.4) is 0 Å². The molecule has 0 heterocycles. The summed E-state index contributed by atoms with van der Waals surface area (Å²) in [4.78, 5) is 8.56. The molecule has 0 bridgehead atoms. The van der Waals surface area contributed by atoms with Gasteiger partial charge in [0.25, 0.3) is 0 Å². The van der Waals surface area contributed by atoms with Gasteiger partial charge in [-0.15, -0.1) is 0 Å². The molecule has 0 aliphatic carbocycles. The maximum atomic E-state index is 8.56. The minimum atomic E-state index is -1.83. The van der Waals surface area contributed by atoms with E-state index in [9.17, 15) is 0 Å². The molecule has 0 aliphatic rings. The molecule has 0 amide bonds. The van der Waals surface area contributed by atoms with Crippen LogP contribution in [0, 0.1) is 0 Å². The van der Waals surface area contributed by atoms with E-state index in [0.29, 0.717) is 0 Å². The van der Waals surface area contributed by atoms with Crippen LogP contribution >= 0.6 is 0 Å². The van der Waals surface area contributed by atoms with Crippen molar-refractivity contribution >= 4 is 6.16 Å². The molecule has 0 fully saturated rings. The van der Waals surface area contributed by atoms with Gasteiger partial charge in [-0.1, -0.05) is 0 Å². The predicted molar refractivity (Wildman–Crippen MR) is 15.9 cm³/mol. The standard InChI is InChI=1S/CH2O3.Fe.H2O2/c2-1(3)4;;1-2/h(H2,2,3,4);;1-2H. The van der Waals surface area contributed by atoms with Gasteiger partial charge in [0.1, 0.15) is 0 Å². The van der Waals surface area contributed by atoms with E-state index in [2.05, 4.69) is 0 Å².